The zero-order chi connectivity index (χ0) is 9.19. The van der Waals surface area contributed by atoms with E-state index in [-0.39, 0.29) is 0 Å². The van der Waals surface area contributed by atoms with Crippen LogP contribution in [-0.4, -0.2) is 5.67 Å². The fraction of sp³-hybridized carbons (Fsp3) is 0.400. The summed E-state index contributed by atoms with van der Waals surface area (Å²) in [5.41, 5.74) is -1.41. The van der Waals surface area contributed by atoms with Crippen LogP contribution in [0.3, 0.4) is 0 Å². The molecule has 1 atom stereocenters. The minimum Gasteiger partial charge on any atom is -0.241 e. The second-order valence-corrected chi connectivity index (χ2v) is 3.34. The third-order valence-electron chi connectivity index (χ3n) is 1.69. The van der Waals surface area contributed by atoms with Gasteiger partial charge in [0.15, 0.2) is 6.17 Å². The first kappa shape index (κ1) is 9.17. The van der Waals surface area contributed by atoms with E-state index in [1.54, 1.807) is 30.3 Å². The summed E-state index contributed by atoms with van der Waals surface area (Å²) in [6, 6.07) is 8.36. The number of halogens is 2. The van der Waals surface area contributed by atoms with Crippen molar-refractivity contribution in [3.8, 4) is 0 Å². The summed E-state index contributed by atoms with van der Waals surface area (Å²) >= 11 is 0. The molecule has 0 aromatic heterocycles. The van der Waals surface area contributed by atoms with E-state index in [2.05, 4.69) is 0 Å². The molecule has 0 aliphatic heterocycles. The van der Waals surface area contributed by atoms with Gasteiger partial charge in [-0.2, -0.15) is 0 Å². The van der Waals surface area contributed by atoms with Gasteiger partial charge in [0.05, 0.1) is 0 Å². The second kappa shape index (κ2) is 3.21. The van der Waals surface area contributed by atoms with Crippen molar-refractivity contribution < 1.29 is 8.78 Å². The van der Waals surface area contributed by atoms with Crippen LogP contribution in [0.15, 0.2) is 30.3 Å². The summed E-state index contributed by atoms with van der Waals surface area (Å²) in [6.07, 6.45) is -1.54. The molecule has 0 saturated carbocycles. The van der Waals surface area contributed by atoms with E-state index in [1.807, 2.05) is 0 Å². The molecule has 66 valence electrons. The monoisotopic (exact) mass is 170 g/mol. The Balaban J connectivity index is 2.86. The van der Waals surface area contributed by atoms with Gasteiger partial charge in [0.1, 0.15) is 5.67 Å². The van der Waals surface area contributed by atoms with E-state index in [9.17, 15) is 8.78 Å². The number of alkyl halides is 2. The molecule has 0 amide bonds. The van der Waals surface area contributed by atoms with Crippen LogP contribution in [0.2, 0.25) is 0 Å². The SMILES string of the molecule is CC(C)(F)[C@@H](F)c1ccccc1. The lowest BCUT2D eigenvalue weighted by Crippen LogP contribution is -2.19. The molecule has 1 aromatic carbocycles. The molecule has 0 N–H and O–H groups in total. The average molecular weight is 170 g/mol. The Morgan fingerprint density at radius 1 is 1.17 bits per heavy atom. The van der Waals surface area contributed by atoms with Gasteiger partial charge in [-0.3, -0.25) is 0 Å². The second-order valence-electron chi connectivity index (χ2n) is 3.34. The lowest BCUT2D eigenvalue weighted by Gasteiger charge is -2.19. The molecule has 2 heteroatoms. The smallest absolute Gasteiger partial charge is 0.158 e. The standard InChI is InChI=1S/C10H12F2/c1-10(2,12)9(11)8-6-4-3-5-7-8/h3-7,9H,1-2H3/t9-/m0/s1. The molecule has 12 heavy (non-hydrogen) atoms. The first-order valence-electron chi connectivity index (χ1n) is 3.90. The highest BCUT2D eigenvalue weighted by atomic mass is 19.2. The Bertz CT molecular complexity index is 236. The molecule has 0 fully saturated rings. The Hall–Kier alpha value is -0.920. The fourth-order valence-corrected chi connectivity index (χ4v) is 1.02. The highest BCUT2D eigenvalue weighted by Crippen LogP contribution is 2.31. The number of rotatable bonds is 2. The van der Waals surface area contributed by atoms with E-state index < -0.39 is 11.8 Å². The Morgan fingerprint density at radius 3 is 2.08 bits per heavy atom. The molecule has 0 saturated heterocycles. The molecule has 1 rings (SSSR count). The molecule has 0 aliphatic rings. The lowest BCUT2D eigenvalue weighted by atomic mass is 9.98. The molecule has 0 aliphatic carbocycles. The molecule has 0 nitrogen and oxygen atoms in total. The van der Waals surface area contributed by atoms with E-state index in [0.717, 1.165) is 0 Å². The lowest BCUT2D eigenvalue weighted by molar-refractivity contribution is 0.0852. The highest BCUT2D eigenvalue weighted by Gasteiger charge is 2.29. The first-order chi connectivity index (χ1) is 5.52. The Kier molecular flexibility index (Phi) is 2.46. The summed E-state index contributed by atoms with van der Waals surface area (Å²) in [5, 5.41) is 0. The molecule has 0 heterocycles. The maximum Gasteiger partial charge on any atom is 0.158 e. The normalized spacial score (nSPS) is 14.3. The Labute approximate surface area is 71.2 Å². The van der Waals surface area contributed by atoms with Crippen LogP contribution in [0, 0.1) is 0 Å². The summed E-state index contributed by atoms with van der Waals surface area (Å²) in [4.78, 5) is 0. The first-order valence-corrected chi connectivity index (χ1v) is 3.90. The van der Waals surface area contributed by atoms with Gasteiger partial charge >= 0.3 is 0 Å². The maximum atomic E-state index is 13.3. The van der Waals surface area contributed by atoms with Crippen molar-refractivity contribution in [2.24, 2.45) is 0 Å². The van der Waals surface area contributed by atoms with E-state index in [1.165, 1.54) is 13.8 Å². The van der Waals surface area contributed by atoms with Crippen molar-refractivity contribution in [1.82, 2.24) is 0 Å². The number of benzene rings is 1. The van der Waals surface area contributed by atoms with Gasteiger partial charge in [0.2, 0.25) is 0 Å². The van der Waals surface area contributed by atoms with Gasteiger partial charge in [0, 0.05) is 0 Å². The number of hydrogen-bond donors (Lipinski definition) is 0. The van der Waals surface area contributed by atoms with E-state index >= 15 is 0 Å². The van der Waals surface area contributed by atoms with Crippen molar-refractivity contribution in [1.29, 1.82) is 0 Å². The highest BCUT2D eigenvalue weighted by molar-refractivity contribution is 5.19. The topological polar surface area (TPSA) is 0 Å². The van der Waals surface area contributed by atoms with Gasteiger partial charge in [0.25, 0.3) is 0 Å². The minimum atomic E-state index is -1.80. The fourth-order valence-electron chi connectivity index (χ4n) is 1.02. The number of hydrogen-bond acceptors (Lipinski definition) is 0. The molecule has 0 unspecified atom stereocenters. The van der Waals surface area contributed by atoms with Crippen molar-refractivity contribution in [2.75, 3.05) is 0 Å². The van der Waals surface area contributed by atoms with Crippen LogP contribution >= 0.6 is 0 Å². The van der Waals surface area contributed by atoms with Gasteiger partial charge < -0.3 is 0 Å². The van der Waals surface area contributed by atoms with Crippen LogP contribution < -0.4 is 0 Å². The summed E-state index contributed by atoms with van der Waals surface area (Å²) in [7, 11) is 0. The summed E-state index contributed by atoms with van der Waals surface area (Å²) < 4.78 is 26.4. The van der Waals surface area contributed by atoms with E-state index in [4.69, 9.17) is 0 Å². The molecular formula is C10H12F2. The van der Waals surface area contributed by atoms with Crippen molar-refractivity contribution >= 4 is 0 Å². The van der Waals surface area contributed by atoms with Crippen LogP contribution in [-0.2, 0) is 0 Å². The van der Waals surface area contributed by atoms with Crippen molar-refractivity contribution in [2.45, 2.75) is 25.7 Å². The largest absolute Gasteiger partial charge is 0.241 e. The minimum absolute atomic E-state index is 0.394. The third-order valence-corrected chi connectivity index (χ3v) is 1.69. The average Bonchev–Trinajstić information content (AvgIpc) is 2.03. The molecule has 0 bridgehead atoms. The predicted octanol–water partition coefficient (Wildman–Crippen LogP) is 3.45. The van der Waals surface area contributed by atoms with Gasteiger partial charge in [-0.25, -0.2) is 8.78 Å². The molecule has 1 aromatic rings. The van der Waals surface area contributed by atoms with Crippen LogP contribution in [0.5, 0.6) is 0 Å². The third kappa shape index (κ3) is 2.03. The van der Waals surface area contributed by atoms with Crippen LogP contribution in [0.4, 0.5) is 8.78 Å². The summed E-state index contributed by atoms with van der Waals surface area (Å²) in [5.74, 6) is 0. The van der Waals surface area contributed by atoms with Gasteiger partial charge in [-0.05, 0) is 19.4 Å². The van der Waals surface area contributed by atoms with Crippen LogP contribution in [0.1, 0.15) is 25.6 Å². The molecule has 0 radical (unpaired) electrons. The molecule has 0 spiro atoms. The molecular weight excluding hydrogens is 158 g/mol. The quantitative estimate of drug-likeness (QED) is 0.637. The van der Waals surface area contributed by atoms with Crippen LogP contribution in [0.25, 0.3) is 0 Å². The zero-order valence-corrected chi connectivity index (χ0v) is 7.22. The predicted molar refractivity (Wildman–Crippen MR) is 45.5 cm³/mol. The van der Waals surface area contributed by atoms with Crippen molar-refractivity contribution in [3.05, 3.63) is 35.9 Å². The zero-order valence-electron chi connectivity index (χ0n) is 7.22. The van der Waals surface area contributed by atoms with Crippen molar-refractivity contribution in [3.63, 3.8) is 0 Å². The van der Waals surface area contributed by atoms with E-state index in [0.29, 0.717) is 5.56 Å². The summed E-state index contributed by atoms with van der Waals surface area (Å²) in [6.45, 7) is 2.48. The van der Waals surface area contributed by atoms with Gasteiger partial charge in [-0.15, -0.1) is 0 Å². The van der Waals surface area contributed by atoms with Gasteiger partial charge in [-0.1, -0.05) is 30.3 Å². The Morgan fingerprint density at radius 2 is 1.67 bits per heavy atom. The maximum absolute atomic E-state index is 13.3.